The molecule has 0 aliphatic carbocycles. The molecule has 5 aromatic carbocycles. The summed E-state index contributed by atoms with van der Waals surface area (Å²) in [5.41, 5.74) is 2.34. The third-order valence-corrected chi connectivity index (χ3v) is 11.2. The molecule has 1 N–H and O–H groups in total. The second kappa shape index (κ2) is 23.1. The first-order valence-corrected chi connectivity index (χ1v) is 21.4. The van der Waals surface area contributed by atoms with Crippen molar-refractivity contribution in [3.8, 4) is 0 Å². The second-order valence-corrected chi connectivity index (χ2v) is 15.7. The SMILES string of the molecule is COC(=O)CC1[C@@H](OC(=O)c2ccccc2)C(COC(=O)c2ccccc2)O[C@@H](OC2[C@@H](O)C(COCc3ccccc3)O[C@@H](C)[C@@H]2OCc2ccccc2)[C@@H]1OC(=O)c1ccccc1. The minimum Gasteiger partial charge on any atom is -0.469 e. The number of methoxy groups -OCH3 is 1. The molecule has 2 aliphatic rings. The van der Waals surface area contributed by atoms with Crippen LogP contribution in [0.15, 0.2) is 152 Å². The normalized spacial score (nSPS) is 25.2. The van der Waals surface area contributed by atoms with E-state index in [1.54, 1.807) is 97.9 Å². The van der Waals surface area contributed by atoms with Crippen molar-refractivity contribution in [3.05, 3.63) is 179 Å². The number of benzene rings is 5. The van der Waals surface area contributed by atoms with Gasteiger partial charge in [0.2, 0.25) is 0 Å². The van der Waals surface area contributed by atoms with E-state index in [-0.39, 0.29) is 36.5 Å². The Balaban J connectivity index is 1.26. The summed E-state index contributed by atoms with van der Waals surface area (Å²) in [5, 5.41) is 12.2. The molecular weight excluding hydrogens is 837 g/mol. The summed E-state index contributed by atoms with van der Waals surface area (Å²) in [6, 6.07) is 43.5. The Hall–Kier alpha value is -6.26. The van der Waals surface area contributed by atoms with Gasteiger partial charge in [-0.05, 0) is 54.4 Å². The van der Waals surface area contributed by atoms with Gasteiger partial charge in [-0.1, -0.05) is 115 Å². The Bertz CT molecular complexity index is 2260. The van der Waals surface area contributed by atoms with Crippen LogP contribution in [0.25, 0.3) is 0 Å². The monoisotopic (exact) mass is 888 g/mol. The van der Waals surface area contributed by atoms with Crippen LogP contribution in [0.3, 0.4) is 0 Å². The maximum Gasteiger partial charge on any atom is 0.338 e. The van der Waals surface area contributed by atoms with E-state index < -0.39 is 97.9 Å². The van der Waals surface area contributed by atoms with Crippen LogP contribution < -0.4 is 0 Å². The van der Waals surface area contributed by atoms with Crippen LogP contribution >= 0.6 is 0 Å². The average Bonchev–Trinajstić information content (AvgIpc) is 3.35. The van der Waals surface area contributed by atoms with Crippen molar-refractivity contribution in [2.45, 2.75) is 81.7 Å². The van der Waals surface area contributed by atoms with E-state index in [0.29, 0.717) is 0 Å². The maximum atomic E-state index is 14.0. The Morgan fingerprint density at radius 3 is 1.58 bits per heavy atom. The average molecular weight is 889 g/mol. The van der Waals surface area contributed by atoms with Crippen molar-refractivity contribution in [3.63, 3.8) is 0 Å². The Kier molecular flexibility index (Phi) is 16.6. The summed E-state index contributed by atoms with van der Waals surface area (Å²) in [7, 11) is 1.19. The quantitative estimate of drug-likeness (QED) is 0.0744. The number of carbonyl (C=O) groups is 4. The van der Waals surface area contributed by atoms with Gasteiger partial charge < -0.3 is 47.7 Å². The zero-order valence-corrected chi connectivity index (χ0v) is 36.0. The molecule has 5 aromatic rings. The fourth-order valence-electron chi connectivity index (χ4n) is 7.82. The van der Waals surface area contributed by atoms with Crippen molar-refractivity contribution >= 4 is 23.9 Å². The number of aliphatic hydroxyl groups excluding tert-OH is 1. The zero-order chi connectivity index (χ0) is 45.5. The minimum atomic E-state index is -1.61. The third kappa shape index (κ3) is 12.5. The Morgan fingerprint density at radius 1 is 0.554 bits per heavy atom. The molecule has 2 saturated heterocycles. The number of carbonyl (C=O) groups excluding carboxylic acids is 4. The van der Waals surface area contributed by atoms with Crippen LogP contribution in [0.2, 0.25) is 0 Å². The first-order chi connectivity index (χ1) is 31.7. The molecule has 2 aliphatic heterocycles. The molecule has 340 valence electrons. The number of esters is 4. The van der Waals surface area contributed by atoms with E-state index in [9.17, 15) is 24.3 Å². The predicted octanol–water partition coefficient (Wildman–Crippen LogP) is 6.53. The van der Waals surface area contributed by atoms with E-state index in [0.717, 1.165) is 11.1 Å². The van der Waals surface area contributed by atoms with Gasteiger partial charge >= 0.3 is 23.9 Å². The molecule has 0 spiro atoms. The minimum absolute atomic E-state index is 0.0375. The van der Waals surface area contributed by atoms with Crippen molar-refractivity contribution in [2.75, 3.05) is 20.3 Å². The second-order valence-electron chi connectivity index (χ2n) is 15.7. The molecule has 2 fully saturated rings. The predicted molar refractivity (Wildman–Crippen MR) is 233 cm³/mol. The lowest BCUT2D eigenvalue weighted by molar-refractivity contribution is -0.338. The highest BCUT2D eigenvalue weighted by Crippen LogP contribution is 2.38. The summed E-state index contributed by atoms with van der Waals surface area (Å²) < 4.78 is 55.7. The van der Waals surface area contributed by atoms with Gasteiger partial charge in [0.05, 0.1) is 62.1 Å². The largest absolute Gasteiger partial charge is 0.469 e. The molecule has 0 radical (unpaired) electrons. The van der Waals surface area contributed by atoms with E-state index in [1.807, 2.05) is 60.7 Å². The van der Waals surface area contributed by atoms with Crippen LogP contribution in [0.5, 0.6) is 0 Å². The summed E-state index contributed by atoms with van der Waals surface area (Å²) in [5.74, 6) is -4.28. The lowest BCUT2D eigenvalue weighted by atomic mass is 9.85. The fourth-order valence-corrected chi connectivity index (χ4v) is 7.82. The Labute approximate surface area is 377 Å². The van der Waals surface area contributed by atoms with Gasteiger partial charge in [0, 0.05) is 0 Å². The lowest BCUT2D eigenvalue weighted by Gasteiger charge is -2.49. The Morgan fingerprint density at radius 2 is 1.05 bits per heavy atom. The molecule has 14 nitrogen and oxygen atoms in total. The highest BCUT2D eigenvalue weighted by atomic mass is 16.7. The topological polar surface area (TPSA) is 172 Å². The van der Waals surface area contributed by atoms with Crippen molar-refractivity contribution in [1.29, 1.82) is 0 Å². The van der Waals surface area contributed by atoms with E-state index in [1.165, 1.54) is 7.11 Å². The molecule has 0 saturated carbocycles. The van der Waals surface area contributed by atoms with Gasteiger partial charge in [-0.3, -0.25) is 4.79 Å². The molecule has 65 heavy (non-hydrogen) atoms. The van der Waals surface area contributed by atoms with E-state index in [4.69, 9.17) is 42.6 Å². The highest BCUT2D eigenvalue weighted by Gasteiger charge is 2.55. The summed E-state index contributed by atoms with van der Waals surface area (Å²) >= 11 is 0. The summed E-state index contributed by atoms with van der Waals surface area (Å²) in [4.78, 5) is 54.7. The highest BCUT2D eigenvalue weighted by molar-refractivity contribution is 5.90. The standard InChI is InChI=1S/C51H52O14/c1-33-44(59-30-35-20-10-4-11-21-35)47(43(53)40(61-33)31-58-29-34-18-8-3-9-19-34)65-51-46(64-50(56)38-26-16-7-17-27-38)39(28-42(52)57-2)45(63-49(55)37-24-14-6-15-25-37)41(62-51)32-60-48(54)36-22-12-5-13-23-36/h3-27,33,39-41,43-47,51,53H,28-32H2,1-2H3/t33-,39?,40?,41?,43-,44-,45+,46+,47?,51-/m0/s1. The van der Waals surface area contributed by atoms with Crippen LogP contribution in [-0.2, 0) is 60.6 Å². The van der Waals surface area contributed by atoms with Crippen molar-refractivity contribution in [1.82, 2.24) is 0 Å². The van der Waals surface area contributed by atoms with Gasteiger partial charge in [-0.2, -0.15) is 0 Å². The molecule has 7 rings (SSSR count). The van der Waals surface area contributed by atoms with Crippen molar-refractivity contribution in [2.24, 2.45) is 5.92 Å². The third-order valence-electron chi connectivity index (χ3n) is 11.2. The summed E-state index contributed by atoms with van der Waals surface area (Å²) in [6.07, 6.45) is -11.6. The number of ether oxygens (including phenoxy) is 9. The van der Waals surface area contributed by atoms with Gasteiger partial charge in [0.15, 0.2) is 12.4 Å². The molecule has 14 heteroatoms. The van der Waals surface area contributed by atoms with Crippen LogP contribution in [0, 0.1) is 5.92 Å². The molecule has 2 heterocycles. The van der Waals surface area contributed by atoms with Gasteiger partial charge in [0.1, 0.15) is 43.2 Å². The van der Waals surface area contributed by atoms with E-state index in [2.05, 4.69) is 0 Å². The first-order valence-electron chi connectivity index (χ1n) is 21.4. The number of hydrogen-bond acceptors (Lipinski definition) is 14. The maximum absolute atomic E-state index is 14.0. The van der Waals surface area contributed by atoms with E-state index >= 15 is 0 Å². The molecule has 10 atom stereocenters. The zero-order valence-electron chi connectivity index (χ0n) is 36.0. The van der Waals surface area contributed by atoms with Crippen molar-refractivity contribution < 1.29 is 66.9 Å². The van der Waals surface area contributed by atoms with Gasteiger partial charge in [-0.15, -0.1) is 0 Å². The fraction of sp³-hybridized carbons (Fsp3) is 0.333. The van der Waals surface area contributed by atoms with Gasteiger partial charge in [0.25, 0.3) is 0 Å². The number of aliphatic hydroxyl groups is 1. The number of rotatable bonds is 18. The first kappa shape index (κ1) is 46.7. The molecular formula is C51H52O14. The molecule has 0 bridgehead atoms. The van der Waals surface area contributed by atoms with Crippen LogP contribution in [0.4, 0.5) is 0 Å². The molecule has 0 aromatic heterocycles. The molecule has 4 unspecified atom stereocenters. The van der Waals surface area contributed by atoms with Crippen LogP contribution in [-0.4, -0.2) is 104 Å². The number of hydrogen-bond donors (Lipinski definition) is 1. The summed E-state index contributed by atoms with van der Waals surface area (Å²) in [6.45, 7) is 1.59. The van der Waals surface area contributed by atoms with Gasteiger partial charge in [-0.25, -0.2) is 14.4 Å². The smallest absolute Gasteiger partial charge is 0.338 e. The lowest BCUT2D eigenvalue weighted by Crippen LogP contribution is -2.64. The van der Waals surface area contributed by atoms with Crippen LogP contribution in [0.1, 0.15) is 55.5 Å². The molecule has 0 amide bonds.